The molecule has 21 heavy (non-hydrogen) atoms. The molecule has 1 heterocycles. The van der Waals surface area contributed by atoms with Crippen LogP contribution in [0.1, 0.15) is 43.1 Å². The van der Waals surface area contributed by atoms with E-state index in [-0.39, 0.29) is 11.9 Å². The second-order valence-electron chi connectivity index (χ2n) is 5.87. The van der Waals surface area contributed by atoms with Crippen LogP contribution < -0.4 is 5.32 Å². The lowest BCUT2D eigenvalue weighted by Gasteiger charge is -2.29. The summed E-state index contributed by atoms with van der Waals surface area (Å²) in [6.07, 6.45) is 4.68. The maximum Gasteiger partial charge on any atom is 0.267 e. The molecule has 3 rings (SSSR count). The zero-order chi connectivity index (χ0) is 15.0. The van der Waals surface area contributed by atoms with Crippen molar-refractivity contribution in [3.8, 4) is 0 Å². The largest absolute Gasteiger partial charge is 0.350 e. The van der Waals surface area contributed by atoms with E-state index in [9.17, 15) is 4.79 Å². The Bertz CT molecular complexity index is 680. The number of H-pyrrole nitrogens is 1. The van der Waals surface area contributed by atoms with Gasteiger partial charge in [0.25, 0.3) is 5.91 Å². The Morgan fingerprint density at radius 3 is 2.76 bits per heavy atom. The van der Waals surface area contributed by atoms with Gasteiger partial charge in [-0.1, -0.05) is 43.0 Å². The molecule has 0 spiro atoms. The summed E-state index contributed by atoms with van der Waals surface area (Å²) in [6, 6.07) is 5.51. The fourth-order valence-corrected chi connectivity index (χ4v) is 3.61. The first-order valence-corrected chi connectivity index (χ1v) is 8.09. The van der Waals surface area contributed by atoms with Crippen molar-refractivity contribution < 1.29 is 4.79 Å². The van der Waals surface area contributed by atoms with Crippen molar-refractivity contribution in [1.82, 2.24) is 10.3 Å². The number of halogens is 2. The maximum atomic E-state index is 12.4. The summed E-state index contributed by atoms with van der Waals surface area (Å²) in [5.41, 5.74) is 1.32. The molecule has 1 fully saturated rings. The second-order valence-corrected chi connectivity index (χ2v) is 6.72. The highest BCUT2D eigenvalue weighted by Crippen LogP contribution is 2.29. The Hall–Kier alpha value is -1.19. The van der Waals surface area contributed by atoms with Gasteiger partial charge in [-0.15, -0.1) is 0 Å². The van der Waals surface area contributed by atoms with Crippen LogP contribution in [0.3, 0.4) is 0 Å². The highest BCUT2D eigenvalue weighted by Gasteiger charge is 2.24. The van der Waals surface area contributed by atoms with Gasteiger partial charge in [-0.25, -0.2) is 0 Å². The van der Waals surface area contributed by atoms with E-state index < -0.39 is 0 Å². The van der Waals surface area contributed by atoms with Crippen LogP contribution in [0.5, 0.6) is 0 Å². The van der Waals surface area contributed by atoms with E-state index >= 15 is 0 Å². The third-order valence-corrected chi connectivity index (χ3v) is 4.86. The molecule has 1 aliphatic rings. The topological polar surface area (TPSA) is 44.9 Å². The summed E-state index contributed by atoms with van der Waals surface area (Å²) >= 11 is 12.1. The van der Waals surface area contributed by atoms with Crippen molar-refractivity contribution in [1.29, 1.82) is 0 Å². The van der Waals surface area contributed by atoms with Gasteiger partial charge in [0.15, 0.2) is 0 Å². The van der Waals surface area contributed by atoms with Crippen LogP contribution in [0.15, 0.2) is 18.2 Å². The summed E-state index contributed by atoms with van der Waals surface area (Å²) in [5, 5.41) is 5.07. The highest BCUT2D eigenvalue weighted by molar-refractivity contribution is 6.38. The van der Waals surface area contributed by atoms with Crippen LogP contribution in [0.25, 0.3) is 10.9 Å². The van der Waals surface area contributed by atoms with Gasteiger partial charge in [-0.05, 0) is 37.0 Å². The monoisotopic (exact) mass is 324 g/mol. The highest BCUT2D eigenvalue weighted by atomic mass is 35.5. The molecule has 1 amide bonds. The van der Waals surface area contributed by atoms with Crippen LogP contribution in [0, 0.1) is 5.92 Å². The summed E-state index contributed by atoms with van der Waals surface area (Å²) in [4.78, 5) is 15.5. The molecular weight excluding hydrogens is 307 g/mol. The fraction of sp³-hybridized carbons (Fsp3) is 0.438. The minimum absolute atomic E-state index is 0.0721. The number of nitrogens with one attached hydrogen (secondary N) is 2. The average molecular weight is 325 g/mol. The number of carbonyl (C=O) groups excluding carboxylic acids is 1. The van der Waals surface area contributed by atoms with Crippen molar-refractivity contribution in [2.24, 2.45) is 5.92 Å². The molecule has 0 bridgehead atoms. The van der Waals surface area contributed by atoms with Crippen LogP contribution in [-0.2, 0) is 0 Å². The van der Waals surface area contributed by atoms with Gasteiger partial charge < -0.3 is 10.3 Å². The molecule has 0 unspecified atom stereocenters. The van der Waals surface area contributed by atoms with E-state index in [0.29, 0.717) is 21.7 Å². The first-order valence-electron chi connectivity index (χ1n) is 7.33. The Kier molecular flexibility index (Phi) is 4.14. The van der Waals surface area contributed by atoms with Crippen molar-refractivity contribution in [2.75, 3.05) is 0 Å². The number of aromatic nitrogens is 1. The molecule has 5 heteroatoms. The molecule has 1 saturated carbocycles. The minimum atomic E-state index is -0.0721. The summed E-state index contributed by atoms with van der Waals surface area (Å²) in [5.74, 6) is 0.460. The predicted molar refractivity (Wildman–Crippen MR) is 87.2 cm³/mol. The number of carbonyl (C=O) groups is 1. The number of amides is 1. The van der Waals surface area contributed by atoms with Crippen molar-refractivity contribution in [3.05, 3.63) is 33.9 Å². The van der Waals surface area contributed by atoms with E-state index in [1.54, 1.807) is 18.2 Å². The van der Waals surface area contributed by atoms with Gasteiger partial charge in [-0.3, -0.25) is 4.79 Å². The molecule has 2 aromatic rings. The van der Waals surface area contributed by atoms with Crippen LogP contribution in [-0.4, -0.2) is 16.9 Å². The first-order chi connectivity index (χ1) is 10.0. The van der Waals surface area contributed by atoms with Crippen LogP contribution in [0.2, 0.25) is 10.0 Å². The van der Waals surface area contributed by atoms with Crippen molar-refractivity contribution >= 4 is 40.0 Å². The zero-order valence-corrected chi connectivity index (χ0v) is 13.4. The normalized spacial score (nSPS) is 22.4. The molecule has 2 N–H and O–H groups in total. The molecule has 112 valence electrons. The summed E-state index contributed by atoms with van der Waals surface area (Å²) in [6.45, 7) is 2.20. The lowest BCUT2D eigenvalue weighted by atomic mass is 9.86. The molecule has 1 aromatic heterocycles. The number of rotatable bonds is 2. The average Bonchev–Trinajstić information content (AvgIpc) is 2.85. The molecule has 1 aromatic carbocycles. The second kappa shape index (κ2) is 5.90. The van der Waals surface area contributed by atoms with E-state index in [1.165, 1.54) is 19.3 Å². The van der Waals surface area contributed by atoms with Gasteiger partial charge in [0.2, 0.25) is 0 Å². The standard InChI is InChI=1S/C16H18Cl2N2O/c1-9-4-2-3-5-13(9)20-16(21)15-8-11-12(18)6-10(17)7-14(11)19-15/h6-9,13,19H,2-5H2,1H3,(H,20,21)/t9-,13+/m0/s1. The third kappa shape index (κ3) is 3.04. The molecule has 0 aliphatic heterocycles. The van der Waals surface area contributed by atoms with Gasteiger partial charge in [0.05, 0.1) is 5.02 Å². The Morgan fingerprint density at radius 2 is 2.00 bits per heavy atom. The molecular formula is C16H18Cl2N2O. The molecule has 3 nitrogen and oxygen atoms in total. The molecule has 2 atom stereocenters. The fourth-order valence-electron chi connectivity index (χ4n) is 3.06. The summed E-state index contributed by atoms with van der Waals surface area (Å²) < 4.78 is 0. The molecule has 0 saturated heterocycles. The van der Waals surface area contributed by atoms with Crippen LogP contribution >= 0.6 is 23.2 Å². The predicted octanol–water partition coefficient (Wildman–Crippen LogP) is 4.78. The number of benzene rings is 1. The number of fused-ring (bicyclic) bond motifs is 1. The van der Waals surface area contributed by atoms with E-state index in [0.717, 1.165) is 17.3 Å². The SMILES string of the molecule is C[C@H]1CCCC[C@H]1NC(=O)c1cc2c(Cl)cc(Cl)cc2[nH]1. The minimum Gasteiger partial charge on any atom is -0.350 e. The quantitative estimate of drug-likeness (QED) is 0.820. The lowest BCUT2D eigenvalue weighted by molar-refractivity contribution is 0.0906. The zero-order valence-electron chi connectivity index (χ0n) is 11.9. The maximum absolute atomic E-state index is 12.4. The Morgan fingerprint density at radius 1 is 1.24 bits per heavy atom. The Labute approximate surface area is 134 Å². The van der Waals surface area contributed by atoms with E-state index in [2.05, 4.69) is 17.2 Å². The third-order valence-electron chi connectivity index (χ3n) is 4.32. The van der Waals surface area contributed by atoms with Gasteiger partial charge >= 0.3 is 0 Å². The summed E-state index contributed by atoms with van der Waals surface area (Å²) in [7, 11) is 0. The van der Waals surface area contributed by atoms with Crippen molar-refractivity contribution in [3.63, 3.8) is 0 Å². The smallest absolute Gasteiger partial charge is 0.267 e. The van der Waals surface area contributed by atoms with E-state index in [1.807, 2.05) is 0 Å². The molecule has 0 radical (unpaired) electrons. The lowest BCUT2D eigenvalue weighted by Crippen LogP contribution is -2.41. The number of hydrogen-bond acceptors (Lipinski definition) is 1. The van der Waals surface area contributed by atoms with Gasteiger partial charge in [-0.2, -0.15) is 0 Å². The van der Waals surface area contributed by atoms with Gasteiger partial charge in [0, 0.05) is 22.0 Å². The Balaban J connectivity index is 1.83. The van der Waals surface area contributed by atoms with Crippen molar-refractivity contribution in [2.45, 2.75) is 38.6 Å². The number of hydrogen-bond donors (Lipinski definition) is 2. The number of aromatic amines is 1. The van der Waals surface area contributed by atoms with E-state index in [4.69, 9.17) is 23.2 Å². The van der Waals surface area contributed by atoms with Crippen LogP contribution in [0.4, 0.5) is 0 Å². The van der Waals surface area contributed by atoms with Gasteiger partial charge in [0.1, 0.15) is 5.69 Å². The first kappa shape index (κ1) is 14.7. The molecule has 1 aliphatic carbocycles.